The Kier molecular flexibility index (Phi) is 3.57. The quantitative estimate of drug-likeness (QED) is 0.859. The highest BCUT2D eigenvalue weighted by molar-refractivity contribution is 7.09. The number of carbonyl (C=O) groups excluding carboxylic acids is 1. The molecule has 0 saturated carbocycles. The van der Waals surface area contributed by atoms with Crippen molar-refractivity contribution in [2.24, 2.45) is 0 Å². The second-order valence-corrected chi connectivity index (χ2v) is 6.33. The van der Waals surface area contributed by atoms with E-state index in [4.69, 9.17) is 0 Å². The number of rotatable bonds is 3. The molecule has 0 atom stereocenters. The van der Waals surface area contributed by atoms with Crippen molar-refractivity contribution in [3.63, 3.8) is 0 Å². The number of ketones is 1. The Morgan fingerprint density at radius 2 is 2.15 bits per heavy atom. The van der Waals surface area contributed by atoms with Gasteiger partial charge in [0.2, 0.25) is 0 Å². The molecule has 0 unspecified atom stereocenters. The Morgan fingerprint density at radius 1 is 1.35 bits per heavy atom. The minimum Gasteiger partial charge on any atom is -0.365 e. The van der Waals surface area contributed by atoms with E-state index in [-0.39, 0.29) is 5.78 Å². The summed E-state index contributed by atoms with van der Waals surface area (Å²) in [7, 11) is 0. The second kappa shape index (κ2) is 5.37. The van der Waals surface area contributed by atoms with E-state index in [0.717, 1.165) is 30.0 Å². The van der Waals surface area contributed by atoms with Gasteiger partial charge < -0.3 is 4.90 Å². The SMILES string of the molecule is CC(C)c1nc(CN2CCC(=O)c3ccccc32)cs1. The zero-order valence-corrected chi connectivity index (χ0v) is 12.6. The van der Waals surface area contributed by atoms with Crippen LogP contribution in [-0.2, 0) is 6.54 Å². The molecule has 2 heterocycles. The van der Waals surface area contributed by atoms with Crippen molar-refractivity contribution in [2.75, 3.05) is 11.4 Å². The average Bonchev–Trinajstić information content (AvgIpc) is 2.91. The van der Waals surface area contributed by atoms with Crippen LogP contribution in [0, 0.1) is 0 Å². The number of thiazole rings is 1. The number of aromatic nitrogens is 1. The van der Waals surface area contributed by atoms with Crippen molar-refractivity contribution < 1.29 is 4.79 Å². The number of hydrogen-bond acceptors (Lipinski definition) is 4. The zero-order valence-electron chi connectivity index (χ0n) is 11.8. The third-order valence-electron chi connectivity index (χ3n) is 3.57. The molecule has 0 fully saturated rings. The van der Waals surface area contributed by atoms with Gasteiger partial charge in [-0.05, 0) is 12.1 Å². The van der Waals surface area contributed by atoms with Crippen molar-refractivity contribution in [1.82, 2.24) is 4.98 Å². The van der Waals surface area contributed by atoms with Gasteiger partial charge in [0.1, 0.15) is 0 Å². The summed E-state index contributed by atoms with van der Waals surface area (Å²) in [5, 5.41) is 3.32. The molecule has 3 nitrogen and oxygen atoms in total. The normalized spacial score (nSPS) is 14.8. The van der Waals surface area contributed by atoms with Crippen molar-refractivity contribution in [3.8, 4) is 0 Å². The van der Waals surface area contributed by atoms with Crippen LogP contribution in [0.3, 0.4) is 0 Å². The molecule has 1 aliphatic heterocycles. The van der Waals surface area contributed by atoms with Crippen molar-refractivity contribution in [2.45, 2.75) is 32.7 Å². The summed E-state index contributed by atoms with van der Waals surface area (Å²) >= 11 is 1.72. The molecule has 0 radical (unpaired) electrons. The monoisotopic (exact) mass is 286 g/mol. The van der Waals surface area contributed by atoms with Crippen molar-refractivity contribution >= 4 is 22.8 Å². The van der Waals surface area contributed by atoms with Gasteiger partial charge in [-0.2, -0.15) is 0 Å². The van der Waals surface area contributed by atoms with E-state index < -0.39 is 0 Å². The molecule has 0 amide bonds. The van der Waals surface area contributed by atoms with E-state index in [2.05, 4.69) is 29.1 Å². The van der Waals surface area contributed by atoms with Crippen LogP contribution in [0.15, 0.2) is 29.6 Å². The largest absolute Gasteiger partial charge is 0.365 e. The third kappa shape index (κ3) is 2.48. The van der Waals surface area contributed by atoms with E-state index in [9.17, 15) is 4.79 Å². The number of fused-ring (bicyclic) bond motifs is 1. The van der Waals surface area contributed by atoms with Gasteiger partial charge in [0.15, 0.2) is 5.78 Å². The van der Waals surface area contributed by atoms with E-state index >= 15 is 0 Å². The third-order valence-corrected chi connectivity index (χ3v) is 4.76. The molecule has 0 saturated heterocycles. The lowest BCUT2D eigenvalue weighted by molar-refractivity contribution is 0.0979. The van der Waals surface area contributed by atoms with Crippen molar-refractivity contribution in [1.29, 1.82) is 0 Å². The first kappa shape index (κ1) is 13.3. The molecular formula is C16H18N2OS. The van der Waals surface area contributed by atoms with Crippen molar-refractivity contribution in [3.05, 3.63) is 45.9 Å². The lowest BCUT2D eigenvalue weighted by Gasteiger charge is -2.29. The molecule has 1 aromatic carbocycles. The zero-order chi connectivity index (χ0) is 14.1. The van der Waals surface area contributed by atoms with Crippen LogP contribution in [0.5, 0.6) is 0 Å². The highest BCUT2D eigenvalue weighted by Gasteiger charge is 2.23. The highest BCUT2D eigenvalue weighted by atomic mass is 32.1. The number of carbonyl (C=O) groups is 1. The van der Waals surface area contributed by atoms with E-state index in [1.807, 2.05) is 24.3 Å². The summed E-state index contributed by atoms with van der Waals surface area (Å²) in [5.41, 5.74) is 2.99. The Labute approximate surface area is 123 Å². The fraction of sp³-hybridized carbons (Fsp3) is 0.375. The van der Waals surface area contributed by atoms with Crippen LogP contribution >= 0.6 is 11.3 Å². The average molecular weight is 286 g/mol. The minimum atomic E-state index is 0.248. The maximum atomic E-state index is 11.9. The number of anilines is 1. The number of benzene rings is 1. The van der Waals surface area contributed by atoms with Crippen LogP contribution in [0.25, 0.3) is 0 Å². The number of nitrogens with zero attached hydrogens (tertiary/aromatic N) is 2. The van der Waals surface area contributed by atoms with Gasteiger partial charge in [-0.15, -0.1) is 11.3 Å². The molecule has 20 heavy (non-hydrogen) atoms. The fourth-order valence-electron chi connectivity index (χ4n) is 2.50. The van der Waals surface area contributed by atoms with Gasteiger partial charge in [-0.1, -0.05) is 26.0 Å². The molecule has 0 spiro atoms. The maximum absolute atomic E-state index is 11.9. The maximum Gasteiger partial charge on any atom is 0.166 e. The van der Waals surface area contributed by atoms with E-state index in [1.165, 1.54) is 5.01 Å². The topological polar surface area (TPSA) is 33.2 Å². The minimum absolute atomic E-state index is 0.248. The molecule has 3 rings (SSSR count). The van der Waals surface area contributed by atoms with Gasteiger partial charge in [-0.25, -0.2) is 4.98 Å². The Hall–Kier alpha value is -1.68. The predicted octanol–water partition coefficient (Wildman–Crippen LogP) is 3.86. The molecular weight excluding hydrogens is 268 g/mol. The van der Waals surface area contributed by atoms with Gasteiger partial charge in [0.05, 0.1) is 17.2 Å². The van der Waals surface area contributed by atoms with Gasteiger partial charge in [0, 0.05) is 35.5 Å². The van der Waals surface area contributed by atoms with Crippen LogP contribution < -0.4 is 4.90 Å². The molecule has 1 aromatic heterocycles. The molecule has 0 N–H and O–H groups in total. The van der Waals surface area contributed by atoms with Crippen LogP contribution in [0.1, 0.15) is 47.2 Å². The predicted molar refractivity (Wildman–Crippen MR) is 82.6 cm³/mol. The summed E-state index contributed by atoms with van der Waals surface area (Å²) in [5.74, 6) is 0.724. The standard InChI is InChI=1S/C16H18N2OS/c1-11(2)16-17-12(10-20-16)9-18-8-7-15(19)13-5-3-4-6-14(13)18/h3-6,10-11H,7-9H2,1-2H3. The lowest BCUT2D eigenvalue weighted by atomic mass is 10.0. The number of Topliss-reactive ketones (excluding diaryl/α,β-unsaturated/α-hetero) is 1. The molecule has 0 aliphatic carbocycles. The summed E-state index contributed by atoms with van der Waals surface area (Å²) in [6.07, 6.45) is 0.595. The Balaban J connectivity index is 1.84. The van der Waals surface area contributed by atoms with Crippen LogP contribution in [0.4, 0.5) is 5.69 Å². The van der Waals surface area contributed by atoms with Crippen LogP contribution in [-0.4, -0.2) is 17.3 Å². The first-order valence-corrected chi connectivity index (χ1v) is 7.84. The molecule has 2 aromatic rings. The lowest BCUT2D eigenvalue weighted by Crippen LogP contribution is -2.31. The fourth-order valence-corrected chi connectivity index (χ4v) is 3.32. The highest BCUT2D eigenvalue weighted by Crippen LogP contribution is 2.29. The molecule has 104 valence electrons. The smallest absolute Gasteiger partial charge is 0.166 e. The second-order valence-electron chi connectivity index (χ2n) is 5.44. The summed E-state index contributed by atoms with van der Waals surface area (Å²) in [6.45, 7) is 5.90. The van der Waals surface area contributed by atoms with Gasteiger partial charge in [-0.3, -0.25) is 4.79 Å². The summed E-state index contributed by atoms with van der Waals surface area (Å²) in [6, 6.07) is 7.87. The number of hydrogen-bond donors (Lipinski definition) is 0. The van der Waals surface area contributed by atoms with E-state index in [0.29, 0.717) is 12.3 Å². The Morgan fingerprint density at radius 3 is 2.90 bits per heavy atom. The summed E-state index contributed by atoms with van der Waals surface area (Å²) < 4.78 is 0. The molecule has 4 heteroatoms. The summed E-state index contributed by atoms with van der Waals surface area (Å²) in [4.78, 5) is 18.9. The number of para-hydroxylation sites is 1. The van der Waals surface area contributed by atoms with E-state index in [1.54, 1.807) is 11.3 Å². The van der Waals surface area contributed by atoms with Gasteiger partial charge >= 0.3 is 0 Å². The van der Waals surface area contributed by atoms with Crippen LogP contribution in [0.2, 0.25) is 0 Å². The molecule has 0 bridgehead atoms. The molecule has 1 aliphatic rings. The first-order chi connectivity index (χ1) is 9.65. The Bertz CT molecular complexity index is 633. The first-order valence-electron chi connectivity index (χ1n) is 6.96. The van der Waals surface area contributed by atoms with Gasteiger partial charge in [0.25, 0.3) is 0 Å².